The molecule has 2 heterocycles. The van der Waals surface area contributed by atoms with E-state index in [1.54, 1.807) is 19.1 Å². The van der Waals surface area contributed by atoms with E-state index in [1.807, 2.05) is 0 Å². The fourth-order valence-electron chi connectivity index (χ4n) is 2.34. The Morgan fingerprint density at radius 1 is 1.62 bits per heavy atom. The van der Waals surface area contributed by atoms with Crippen molar-refractivity contribution in [2.24, 2.45) is 10.7 Å². The molecule has 0 spiro atoms. The van der Waals surface area contributed by atoms with Crippen LogP contribution in [0.5, 0.6) is 0 Å². The summed E-state index contributed by atoms with van der Waals surface area (Å²) in [7, 11) is 3.24. The Kier molecular flexibility index (Phi) is 5.40. The van der Waals surface area contributed by atoms with Gasteiger partial charge < -0.3 is 20.5 Å². The van der Waals surface area contributed by atoms with Crippen molar-refractivity contribution in [3.05, 3.63) is 11.5 Å². The number of hydrogen-bond acceptors (Lipinski definition) is 7. The van der Waals surface area contributed by atoms with Crippen LogP contribution in [0.25, 0.3) is 0 Å². The van der Waals surface area contributed by atoms with Crippen molar-refractivity contribution in [1.29, 1.82) is 5.41 Å². The average Bonchev–Trinajstić information content (AvgIpc) is 3.11. The number of nitrogens with two attached hydrogens (primary N) is 1. The monoisotopic (exact) mass is 296 g/mol. The number of methoxy groups -OCH3 is 1. The molecule has 0 radical (unpaired) electrons. The van der Waals surface area contributed by atoms with Gasteiger partial charge in [-0.05, 0) is 25.8 Å². The number of rotatable bonds is 6. The standard InChI is InChI=1S/C13H24N6O2/c1-16-11(14)10-12(15)19(13(18-10)20-2)7-4-6-17-9-5-3-8-21-9/h9,15-17H,3-8,14H2,1-2H3/b11-10+,15-12?. The van der Waals surface area contributed by atoms with Crippen LogP contribution in [-0.2, 0) is 9.47 Å². The van der Waals surface area contributed by atoms with E-state index in [-0.39, 0.29) is 12.1 Å². The quantitative estimate of drug-likeness (QED) is 0.503. The van der Waals surface area contributed by atoms with Crippen molar-refractivity contribution in [3.8, 4) is 0 Å². The van der Waals surface area contributed by atoms with Gasteiger partial charge in [0.1, 0.15) is 12.0 Å². The third-order valence-corrected chi connectivity index (χ3v) is 3.50. The summed E-state index contributed by atoms with van der Waals surface area (Å²) >= 11 is 0. The molecule has 0 saturated carbocycles. The normalized spacial score (nSPS) is 24.3. The second kappa shape index (κ2) is 7.28. The van der Waals surface area contributed by atoms with E-state index in [2.05, 4.69) is 15.6 Å². The molecule has 21 heavy (non-hydrogen) atoms. The third kappa shape index (κ3) is 3.64. The number of nitrogens with one attached hydrogen (secondary N) is 3. The summed E-state index contributed by atoms with van der Waals surface area (Å²) in [4.78, 5) is 5.96. The number of aliphatic imine (C=N–C) groups is 1. The Morgan fingerprint density at radius 3 is 3.05 bits per heavy atom. The molecule has 1 fully saturated rings. The molecule has 0 bridgehead atoms. The lowest BCUT2D eigenvalue weighted by molar-refractivity contribution is 0.0840. The molecule has 0 aromatic heterocycles. The van der Waals surface area contributed by atoms with Gasteiger partial charge in [-0.1, -0.05) is 0 Å². The Morgan fingerprint density at radius 2 is 2.43 bits per heavy atom. The first kappa shape index (κ1) is 15.6. The highest BCUT2D eigenvalue weighted by Gasteiger charge is 2.29. The van der Waals surface area contributed by atoms with Gasteiger partial charge in [-0.25, -0.2) is 0 Å². The molecule has 2 aliphatic heterocycles. The molecular weight excluding hydrogens is 272 g/mol. The van der Waals surface area contributed by atoms with Crippen LogP contribution < -0.4 is 16.4 Å². The average molecular weight is 296 g/mol. The predicted molar refractivity (Wildman–Crippen MR) is 80.7 cm³/mol. The van der Waals surface area contributed by atoms with Gasteiger partial charge in [0.05, 0.1) is 7.11 Å². The Labute approximate surface area is 124 Å². The van der Waals surface area contributed by atoms with Gasteiger partial charge in [-0.3, -0.25) is 15.6 Å². The SMILES string of the molecule is CN/C(N)=C1/N=C(OC)N(CCCNC2CCCO2)C1=N. The van der Waals surface area contributed by atoms with Crippen molar-refractivity contribution in [2.45, 2.75) is 25.5 Å². The Hall–Kier alpha value is -1.80. The molecule has 5 N–H and O–H groups in total. The maximum Gasteiger partial charge on any atom is 0.298 e. The molecule has 8 heteroatoms. The fraction of sp³-hybridized carbons (Fsp3) is 0.692. The number of amidine groups is 2. The molecule has 1 saturated heterocycles. The van der Waals surface area contributed by atoms with Gasteiger partial charge in [0, 0.05) is 20.2 Å². The molecule has 118 valence electrons. The molecule has 2 aliphatic rings. The second-order valence-electron chi connectivity index (χ2n) is 4.92. The Bertz CT molecular complexity index is 442. The highest BCUT2D eigenvalue weighted by molar-refractivity contribution is 6.11. The molecule has 1 unspecified atom stereocenters. The van der Waals surface area contributed by atoms with E-state index in [1.165, 1.54) is 0 Å². The largest absolute Gasteiger partial charge is 0.468 e. The van der Waals surface area contributed by atoms with Crippen LogP contribution in [0.4, 0.5) is 0 Å². The smallest absolute Gasteiger partial charge is 0.298 e. The van der Waals surface area contributed by atoms with Gasteiger partial charge in [0.2, 0.25) is 0 Å². The minimum Gasteiger partial charge on any atom is -0.468 e. The van der Waals surface area contributed by atoms with Crippen LogP contribution in [0.15, 0.2) is 16.5 Å². The van der Waals surface area contributed by atoms with Crippen LogP contribution in [0.3, 0.4) is 0 Å². The summed E-state index contributed by atoms with van der Waals surface area (Å²) in [6.45, 7) is 2.31. The van der Waals surface area contributed by atoms with Gasteiger partial charge in [-0.15, -0.1) is 0 Å². The van der Waals surface area contributed by atoms with Crippen molar-refractivity contribution >= 4 is 11.9 Å². The first-order valence-corrected chi connectivity index (χ1v) is 7.19. The van der Waals surface area contributed by atoms with Crippen molar-refractivity contribution in [2.75, 3.05) is 33.9 Å². The van der Waals surface area contributed by atoms with Gasteiger partial charge >= 0.3 is 0 Å². The van der Waals surface area contributed by atoms with Gasteiger partial charge in [0.15, 0.2) is 11.5 Å². The zero-order chi connectivity index (χ0) is 15.2. The minimum atomic E-state index is 0.175. The van der Waals surface area contributed by atoms with E-state index < -0.39 is 0 Å². The minimum absolute atomic E-state index is 0.175. The lowest BCUT2D eigenvalue weighted by atomic mass is 10.3. The van der Waals surface area contributed by atoms with Crippen LogP contribution >= 0.6 is 0 Å². The first-order valence-electron chi connectivity index (χ1n) is 7.19. The van der Waals surface area contributed by atoms with Crippen molar-refractivity contribution < 1.29 is 9.47 Å². The molecule has 2 rings (SSSR count). The highest BCUT2D eigenvalue weighted by Crippen LogP contribution is 2.17. The van der Waals surface area contributed by atoms with E-state index in [0.717, 1.165) is 32.4 Å². The summed E-state index contributed by atoms with van der Waals surface area (Å²) in [5.74, 6) is 0.630. The van der Waals surface area contributed by atoms with Crippen LogP contribution in [0, 0.1) is 5.41 Å². The fourth-order valence-corrected chi connectivity index (χ4v) is 2.34. The van der Waals surface area contributed by atoms with Gasteiger partial charge in [0.25, 0.3) is 6.02 Å². The second-order valence-corrected chi connectivity index (χ2v) is 4.92. The molecule has 0 aromatic rings. The summed E-state index contributed by atoms with van der Waals surface area (Å²) in [6, 6.07) is 0.408. The summed E-state index contributed by atoms with van der Waals surface area (Å²) in [6.07, 6.45) is 3.22. The molecule has 0 aliphatic carbocycles. The maximum atomic E-state index is 8.14. The summed E-state index contributed by atoms with van der Waals surface area (Å²) < 4.78 is 10.7. The molecular formula is C13H24N6O2. The van der Waals surface area contributed by atoms with Crippen molar-refractivity contribution in [3.63, 3.8) is 0 Å². The third-order valence-electron chi connectivity index (χ3n) is 3.50. The van der Waals surface area contributed by atoms with Crippen molar-refractivity contribution in [1.82, 2.24) is 15.5 Å². The van der Waals surface area contributed by atoms with E-state index in [0.29, 0.717) is 24.1 Å². The van der Waals surface area contributed by atoms with Crippen LogP contribution in [0.1, 0.15) is 19.3 Å². The lowest BCUT2D eigenvalue weighted by Gasteiger charge is -2.19. The zero-order valence-corrected chi connectivity index (χ0v) is 12.6. The number of nitrogens with zero attached hydrogens (tertiary/aromatic N) is 2. The van der Waals surface area contributed by atoms with E-state index in [9.17, 15) is 0 Å². The van der Waals surface area contributed by atoms with Crippen LogP contribution in [0.2, 0.25) is 0 Å². The zero-order valence-electron chi connectivity index (χ0n) is 12.6. The predicted octanol–water partition coefficient (Wildman–Crippen LogP) is -0.255. The van der Waals surface area contributed by atoms with Gasteiger partial charge in [-0.2, -0.15) is 4.99 Å². The summed E-state index contributed by atoms with van der Waals surface area (Å²) in [5, 5.41) is 14.3. The topological polar surface area (TPSA) is 108 Å². The van der Waals surface area contributed by atoms with Crippen LogP contribution in [-0.4, -0.2) is 56.8 Å². The molecule has 0 amide bonds. The molecule has 8 nitrogen and oxygen atoms in total. The summed E-state index contributed by atoms with van der Waals surface area (Å²) in [5.41, 5.74) is 6.21. The van der Waals surface area contributed by atoms with E-state index in [4.69, 9.17) is 20.6 Å². The molecule has 0 aromatic carbocycles. The number of ether oxygens (including phenoxy) is 2. The highest BCUT2D eigenvalue weighted by atomic mass is 16.5. The Balaban J connectivity index is 1.84. The lowest BCUT2D eigenvalue weighted by Crippen LogP contribution is -2.37. The molecule has 1 atom stereocenters. The number of hydrogen-bond donors (Lipinski definition) is 4. The van der Waals surface area contributed by atoms with E-state index >= 15 is 0 Å². The first-order chi connectivity index (χ1) is 10.2. The maximum absolute atomic E-state index is 8.14.